The Morgan fingerprint density at radius 1 is 1.10 bits per heavy atom. The summed E-state index contributed by atoms with van der Waals surface area (Å²) in [5.41, 5.74) is 1.63. The van der Waals surface area contributed by atoms with Gasteiger partial charge in [-0.15, -0.1) is 0 Å². The minimum Gasteiger partial charge on any atom is -0.437 e. The van der Waals surface area contributed by atoms with Crippen LogP contribution in [-0.4, -0.2) is 48.6 Å². The summed E-state index contributed by atoms with van der Waals surface area (Å²) in [6.07, 6.45) is 2.63. The lowest BCUT2D eigenvalue weighted by Crippen LogP contribution is -2.31. The number of nitrogens with one attached hydrogen (secondary N) is 2. The van der Waals surface area contributed by atoms with E-state index >= 15 is 0 Å². The summed E-state index contributed by atoms with van der Waals surface area (Å²) in [6.45, 7) is 3.76. The van der Waals surface area contributed by atoms with Gasteiger partial charge in [0, 0.05) is 36.0 Å². The summed E-state index contributed by atoms with van der Waals surface area (Å²) in [4.78, 5) is 13.7. The third kappa shape index (κ3) is 6.94. The van der Waals surface area contributed by atoms with E-state index in [-0.39, 0.29) is 17.0 Å². The second-order valence-electron chi connectivity index (χ2n) is 10.1. The number of rotatable bonds is 10. The standard InChI is InChI=1S/C29H30F3N5O3S/c1-18-6-7-20-21(8-9-23(30)27(20)37-41(38,39)15-11-25(31)32)28(18)40-29-22(5-3-13-35-29)24-10-14-34-26(36-24)16-19-4-2-12-33-17-19/h3,5-10,13-14,19,25,33,37H,2,4,11-12,15-17H2,1H3. The molecule has 4 aromatic rings. The second kappa shape index (κ2) is 12.4. The van der Waals surface area contributed by atoms with Crippen molar-refractivity contribution < 1.29 is 26.3 Å². The van der Waals surface area contributed by atoms with E-state index in [1.807, 2.05) is 6.07 Å². The molecule has 12 heteroatoms. The van der Waals surface area contributed by atoms with E-state index in [1.165, 1.54) is 6.07 Å². The van der Waals surface area contributed by atoms with Crippen molar-refractivity contribution in [3.8, 4) is 22.9 Å². The van der Waals surface area contributed by atoms with Gasteiger partial charge in [-0.1, -0.05) is 12.1 Å². The molecule has 8 nitrogen and oxygen atoms in total. The first-order valence-corrected chi connectivity index (χ1v) is 15.0. The molecule has 0 spiro atoms. The van der Waals surface area contributed by atoms with Gasteiger partial charge < -0.3 is 10.1 Å². The number of aromatic nitrogens is 3. The average molecular weight is 586 g/mol. The molecule has 41 heavy (non-hydrogen) atoms. The molecular weight excluding hydrogens is 555 g/mol. The number of piperidine rings is 1. The summed E-state index contributed by atoms with van der Waals surface area (Å²) < 4.78 is 73.4. The number of anilines is 1. The molecule has 1 saturated heterocycles. The zero-order valence-corrected chi connectivity index (χ0v) is 23.2. The maximum atomic E-state index is 14.9. The topological polar surface area (TPSA) is 106 Å². The van der Waals surface area contributed by atoms with Crippen LogP contribution < -0.4 is 14.8 Å². The van der Waals surface area contributed by atoms with E-state index in [2.05, 4.69) is 20.0 Å². The second-order valence-corrected chi connectivity index (χ2v) is 11.9. The fourth-order valence-electron chi connectivity index (χ4n) is 4.92. The number of sulfonamides is 1. The molecule has 5 rings (SSSR count). The van der Waals surface area contributed by atoms with Crippen LogP contribution in [0.5, 0.6) is 11.6 Å². The first-order valence-electron chi connectivity index (χ1n) is 13.4. The minimum absolute atomic E-state index is 0.217. The summed E-state index contributed by atoms with van der Waals surface area (Å²) in [5.74, 6) is 0.114. The fourth-order valence-corrected chi connectivity index (χ4v) is 6.03. The molecule has 0 bridgehead atoms. The van der Waals surface area contributed by atoms with Gasteiger partial charge in [0.2, 0.25) is 22.3 Å². The number of pyridine rings is 1. The Morgan fingerprint density at radius 2 is 1.93 bits per heavy atom. The molecule has 1 unspecified atom stereocenters. The number of nitrogens with zero attached hydrogens (tertiary/aromatic N) is 3. The quantitative estimate of drug-likeness (QED) is 0.240. The molecule has 0 aliphatic carbocycles. The van der Waals surface area contributed by atoms with E-state index in [4.69, 9.17) is 9.72 Å². The van der Waals surface area contributed by atoms with Gasteiger partial charge in [-0.05, 0) is 74.7 Å². The minimum atomic E-state index is -4.22. The highest BCUT2D eigenvalue weighted by atomic mass is 32.2. The SMILES string of the molecule is Cc1ccc2c(NS(=O)(=O)CCC(F)F)c(F)ccc2c1Oc1ncccc1-c1ccnc(CC2CCCNC2)n1. The van der Waals surface area contributed by atoms with Crippen molar-refractivity contribution in [2.24, 2.45) is 5.92 Å². The van der Waals surface area contributed by atoms with Crippen LogP contribution in [0, 0.1) is 18.7 Å². The van der Waals surface area contributed by atoms with Crippen LogP contribution in [-0.2, 0) is 16.4 Å². The Bertz CT molecular complexity index is 1650. The van der Waals surface area contributed by atoms with Gasteiger partial charge in [-0.25, -0.2) is 36.5 Å². The maximum Gasteiger partial charge on any atom is 0.239 e. The first kappa shape index (κ1) is 28.7. The van der Waals surface area contributed by atoms with Crippen LogP contribution in [0.15, 0.2) is 54.9 Å². The Hall–Kier alpha value is -3.77. The summed E-state index contributed by atoms with van der Waals surface area (Å²) >= 11 is 0. The number of aryl methyl sites for hydroxylation is 1. The van der Waals surface area contributed by atoms with Crippen LogP contribution in [0.25, 0.3) is 22.0 Å². The van der Waals surface area contributed by atoms with Crippen molar-refractivity contribution >= 4 is 26.5 Å². The lowest BCUT2D eigenvalue weighted by molar-refractivity contribution is 0.145. The summed E-state index contributed by atoms with van der Waals surface area (Å²) in [5, 5.41) is 4.05. The van der Waals surface area contributed by atoms with Crippen LogP contribution in [0.1, 0.15) is 30.7 Å². The van der Waals surface area contributed by atoms with E-state index < -0.39 is 34.4 Å². The molecule has 0 radical (unpaired) electrons. The van der Waals surface area contributed by atoms with E-state index in [0.29, 0.717) is 33.9 Å². The molecule has 0 saturated carbocycles. The molecule has 2 aromatic carbocycles. The smallest absolute Gasteiger partial charge is 0.239 e. The van der Waals surface area contributed by atoms with Crippen LogP contribution >= 0.6 is 0 Å². The van der Waals surface area contributed by atoms with Gasteiger partial charge in [0.05, 0.1) is 22.7 Å². The van der Waals surface area contributed by atoms with Gasteiger partial charge in [0.1, 0.15) is 17.4 Å². The number of ether oxygens (including phenoxy) is 1. The number of halogens is 3. The molecule has 1 atom stereocenters. The van der Waals surface area contributed by atoms with Crippen LogP contribution in [0.2, 0.25) is 0 Å². The van der Waals surface area contributed by atoms with Crippen molar-refractivity contribution in [3.63, 3.8) is 0 Å². The van der Waals surface area contributed by atoms with Crippen molar-refractivity contribution in [2.45, 2.75) is 39.0 Å². The van der Waals surface area contributed by atoms with Gasteiger partial charge in [0.15, 0.2) is 0 Å². The highest BCUT2D eigenvalue weighted by Crippen LogP contribution is 2.39. The lowest BCUT2D eigenvalue weighted by Gasteiger charge is -2.22. The van der Waals surface area contributed by atoms with Crippen LogP contribution in [0.3, 0.4) is 0 Å². The highest BCUT2D eigenvalue weighted by molar-refractivity contribution is 7.92. The normalized spacial score (nSPS) is 15.8. The molecule has 1 aliphatic heterocycles. The van der Waals surface area contributed by atoms with Crippen LogP contribution in [0.4, 0.5) is 18.9 Å². The van der Waals surface area contributed by atoms with Gasteiger partial charge in [-0.3, -0.25) is 4.72 Å². The van der Waals surface area contributed by atoms with Crippen molar-refractivity contribution in [2.75, 3.05) is 23.6 Å². The zero-order valence-electron chi connectivity index (χ0n) is 22.4. The van der Waals surface area contributed by atoms with E-state index in [0.717, 1.165) is 44.2 Å². The number of hydrogen-bond donors (Lipinski definition) is 2. The molecule has 0 amide bonds. The third-order valence-electron chi connectivity index (χ3n) is 6.98. The molecule has 1 fully saturated rings. The molecule has 3 heterocycles. The highest BCUT2D eigenvalue weighted by Gasteiger charge is 2.21. The third-order valence-corrected chi connectivity index (χ3v) is 8.27. The average Bonchev–Trinajstić information content (AvgIpc) is 2.96. The number of alkyl halides is 2. The van der Waals surface area contributed by atoms with Gasteiger partial charge >= 0.3 is 0 Å². The number of fused-ring (bicyclic) bond motifs is 1. The Labute approximate surface area is 236 Å². The van der Waals surface area contributed by atoms with Crippen molar-refractivity contribution in [3.05, 3.63) is 72.1 Å². The molecular formula is C29H30F3N5O3S. The Kier molecular flexibility index (Phi) is 8.69. The van der Waals surface area contributed by atoms with E-state index in [1.54, 1.807) is 43.6 Å². The van der Waals surface area contributed by atoms with Gasteiger partial charge in [0.25, 0.3) is 0 Å². The summed E-state index contributed by atoms with van der Waals surface area (Å²) in [6, 6.07) is 11.2. The first-order chi connectivity index (χ1) is 19.7. The monoisotopic (exact) mass is 585 g/mol. The Morgan fingerprint density at radius 3 is 2.71 bits per heavy atom. The summed E-state index contributed by atoms with van der Waals surface area (Å²) in [7, 11) is -4.22. The van der Waals surface area contributed by atoms with Gasteiger partial charge in [-0.2, -0.15) is 0 Å². The molecule has 216 valence electrons. The van der Waals surface area contributed by atoms with Crippen molar-refractivity contribution in [1.29, 1.82) is 0 Å². The predicted octanol–water partition coefficient (Wildman–Crippen LogP) is 5.87. The fraction of sp³-hybridized carbons (Fsp3) is 0.345. The van der Waals surface area contributed by atoms with E-state index in [9.17, 15) is 21.6 Å². The largest absolute Gasteiger partial charge is 0.437 e. The lowest BCUT2D eigenvalue weighted by atomic mass is 9.96. The molecule has 2 N–H and O–H groups in total. The number of benzene rings is 2. The molecule has 2 aromatic heterocycles. The molecule has 1 aliphatic rings. The Balaban J connectivity index is 1.48. The van der Waals surface area contributed by atoms with Crippen molar-refractivity contribution in [1.82, 2.24) is 20.3 Å². The zero-order chi connectivity index (χ0) is 29.0. The maximum absolute atomic E-state index is 14.9. The number of hydrogen-bond acceptors (Lipinski definition) is 7. The predicted molar refractivity (Wildman–Crippen MR) is 151 cm³/mol.